The van der Waals surface area contributed by atoms with Gasteiger partial charge in [0.05, 0.1) is 16.4 Å². The number of aromatic nitrogens is 4. The molecule has 0 saturated carbocycles. The van der Waals surface area contributed by atoms with Crippen LogP contribution in [0.1, 0.15) is 22.3 Å². The van der Waals surface area contributed by atoms with E-state index in [1.54, 1.807) is 0 Å². The molecule has 10 aromatic carbocycles. The summed E-state index contributed by atoms with van der Waals surface area (Å²) in [7, 11) is 0. The van der Waals surface area contributed by atoms with Crippen molar-refractivity contribution in [2.24, 2.45) is 0 Å². The number of hydrogen-bond acceptors (Lipinski definition) is 3. The molecule has 2 aliphatic rings. The van der Waals surface area contributed by atoms with Crippen LogP contribution in [0.15, 0.2) is 243 Å². The summed E-state index contributed by atoms with van der Waals surface area (Å²) in [5.74, 6) is 1.78. The lowest BCUT2D eigenvalue weighted by molar-refractivity contribution is 0.794. The van der Waals surface area contributed by atoms with Crippen LogP contribution in [0.4, 0.5) is 0 Å². The summed E-state index contributed by atoms with van der Waals surface area (Å²) in [4.78, 5) is 15.9. The molecular weight excluding hydrogens is 825 g/mol. The number of benzene rings is 10. The third-order valence-electron chi connectivity index (χ3n) is 14.3. The highest BCUT2D eigenvalue weighted by molar-refractivity contribution is 6.17. The molecule has 0 radical (unpaired) electrons. The maximum absolute atomic E-state index is 5.36. The fourth-order valence-electron chi connectivity index (χ4n) is 11.4. The van der Waals surface area contributed by atoms with Crippen molar-refractivity contribution in [3.05, 3.63) is 265 Å². The predicted molar refractivity (Wildman–Crippen MR) is 278 cm³/mol. The molecule has 0 atom stereocenters. The van der Waals surface area contributed by atoms with Gasteiger partial charge in [0.15, 0.2) is 11.6 Å². The molecule has 4 heteroatoms. The van der Waals surface area contributed by atoms with Crippen molar-refractivity contribution in [3.63, 3.8) is 0 Å². The van der Waals surface area contributed by atoms with Gasteiger partial charge in [-0.3, -0.25) is 4.57 Å². The van der Waals surface area contributed by atoms with Gasteiger partial charge < -0.3 is 0 Å². The highest BCUT2D eigenvalue weighted by Crippen LogP contribution is 2.64. The van der Waals surface area contributed by atoms with E-state index in [4.69, 9.17) is 15.0 Å². The van der Waals surface area contributed by atoms with Crippen molar-refractivity contribution in [1.82, 2.24) is 19.5 Å². The standard InChI is InChI=1S/C64H40N4/c1-3-17-41(18-4-1)43-33-37-45(38-34-43)61-65-62(46-39-35-44(36-40-46)42-19-5-2-6-20-42)67-63(66-61)68-57-31-14-10-24-52(57)60-50(26-16-32-58(60)68)49-25-15-30-56-59(49)51-23-9-13-29-55(51)64(56)53-27-11-7-21-47(53)48-22-8-12-28-54(48)64/h1-40H. The molecule has 316 valence electrons. The second kappa shape index (κ2) is 15.0. The summed E-state index contributed by atoms with van der Waals surface area (Å²) in [5.41, 5.74) is 20.9. The van der Waals surface area contributed by atoms with E-state index in [2.05, 4.69) is 235 Å². The largest absolute Gasteiger partial charge is 0.278 e. The third-order valence-corrected chi connectivity index (χ3v) is 14.3. The van der Waals surface area contributed by atoms with Gasteiger partial charge in [0.25, 0.3) is 0 Å². The second-order valence-corrected chi connectivity index (χ2v) is 17.8. The summed E-state index contributed by atoms with van der Waals surface area (Å²) in [6.45, 7) is 0. The van der Waals surface area contributed by atoms with Gasteiger partial charge in [0.1, 0.15) is 0 Å². The Hall–Kier alpha value is -8.99. The van der Waals surface area contributed by atoms with Crippen LogP contribution >= 0.6 is 0 Å². The van der Waals surface area contributed by atoms with E-state index in [-0.39, 0.29) is 0 Å². The Balaban J connectivity index is 0.989. The van der Waals surface area contributed by atoms with Gasteiger partial charge in [-0.1, -0.05) is 231 Å². The van der Waals surface area contributed by atoms with E-state index in [0.29, 0.717) is 17.6 Å². The van der Waals surface area contributed by atoms with Crippen molar-refractivity contribution >= 4 is 21.8 Å². The van der Waals surface area contributed by atoms with E-state index < -0.39 is 5.41 Å². The molecule has 12 aromatic rings. The summed E-state index contributed by atoms with van der Waals surface area (Å²) < 4.78 is 2.24. The number of hydrogen-bond donors (Lipinski definition) is 0. The van der Waals surface area contributed by atoms with Crippen LogP contribution in [-0.2, 0) is 5.41 Å². The minimum Gasteiger partial charge on any atom is -0.278 e. The summed E-state index contributed by atoms with van der Waals surface area (Å²) >= 11 is 0. The van der Waals surface area contributed by atoms with E-state index >= 15 is 0 Å². The Labute approximate surface area is 394 Å². The van der Waals surface area contributed by atoms with E-state index in [1.165, 1.54) is 55.6 Å². The summed E-state index contributed by atoms with van der Waals surface area (Å²) in [5, 5.41) is 2.29. The smallest absolute Gasteiger partial charge is 0.238 e. The molecule has 1 spiro atoms. The van der Waals surface area contributed by atoms with Crippen LogP contribution in [0.2, 0.25) is 0 Å². The highest BCUT2D eigenvalue weighted by Gasteiger charge is 2.52. The monoisotopic (exact) mass is 864 g/mol. The van der Waals surface area contributed by atoms with E-state index in [0.717, 1.165) is 55.2 Å². The molecule has 2 heterocycles. The Morgan fingerprint density at radius 1 is 0.279 bits per heavy atom. The average molecular weight is 865 g/mol. The van der Waals surface area contributed by atoms with Crippen molar-refractivity contribution in [3.8, 4) is 84.4 Å². The normalized spacial score (nSPS) is 12.8. The fourth-order valence-corrected chi connectivity index (χ4v) is 11.4. The van der Waals surface area contributed by atoms with Crippen LogP contribution in [0, 0.1) is 0 Å². The number of fused-ring (bicyclic) bond motifs is 13. The molecule has 2 aliphatic carbocycles. The molecule has 14 rings (SSSR count). The van der Waals surface area contributed by atoms with Crippen molar-refractivity contribution in [2.75, 3.05) is 0 Å². The number of para-hydroxylation sites is 1. The predicted octanol–water partition coefficient (Wildman–Crippen LogP) is 15.6. The topological polar surface area (TPSA) is 43.6 Å². The molecule has 0 amide bonds. The molecule has 0 bridgehead atoms. The lowest BCUT2D eigenvalue weighted by Gasteiger charge is -2.30. The zero-order valence-electron chi connectivity index (χ0n) is 36.9. The number of nitrogens with zero attached hydrogens (tertiary/aromatic N) is 4. The first-order valence-electron chi connectivity index (χ1n) is 23.3. The molecule has 0 fully saturated rings. The summed E-state index contributed by atoms with van der Waals surface area (Å²) in [6, 6.07) is 87.4. The Morgan fingerprint density at radius 2 is 0.691 bits per heavy atom. The van der Waals surface area contributed by atoms with Crippen molar-refractivity contribution in [1.29, 1.82) is 0 Å². The third kappa shape index (κ3) is 5.58. The van der Waals surface area contributed by atoms with Crippen molar-refractivity contribution < 1.29 is 0 Å². The zero-order valence-corrected chi connectivity index (χ0v) is 36.9. The first kappa shape index (κ1) is 38.3. The lowest BCUT2D eigenvalue weighted by Crippen LogP contribution is -2.25. The first-order chi connectivity index (χ1) is 33.7. The molecule has 0 aliphatic heterocycles. The van der Waals surface area contributed by atoms with Crippen LogP contribution in [0.5, 0.6) is 0 Å². The lowest BCUT2D eigenvalue weighted by atomic mass is 9.70. The Morgan fingerprint density at radius 3 is 1.29 bits per heavy atom. The van der Waals surface area contributed by atoms with Gasteiger partial charge in [-0.15, -0.1) is 0 Å². The molecule has 0 N–H and O–H groups in total. The minimum absolute atomic E-state index is 0.437. The fraction of sp³-hybridized carbons (Fsp3) is 0.0156. The maximum atomic E-state index is 5.36. The van der Waals surface area contributed by atoms with Crippen molar-refractivity contribution in [2.45, 2.75) is 5.41 Å². The molecule has 68 heavy (non-hydrogen) atoms. The van der Waals surface area contributed by atoms with E-state index in [1.807, 2.05) is 12.1 Å². The Bertz CT molecular complexity index is 3800. The number of rotatable bonds is 6. The van der Waals surface area contributed by atoms with Gasteiger partial charge in [0.2, 0.25) is 5.95 Å². The molecule has 0 saturated heterocycles. The minimum atomic E-state index is -0.437. The van der Waals surface area contributed by atoms with Gasteiger partial charge >= 0.3 is 0 Å². The molecule has 2 aromatic heterocycles. The zero-order chi connectivity index (χ0) is 44.8. The van der Waals surface area contributed by atoms with Gasteiger partial charge in [0, 0.05) is 21.9 Å². The van der Waals surface area contributed by atoms with Crippen LogP contribution in [0.3, 0.4) is 0 Å². The van der Waals surface area contributed by atoms with Gasteiger partial charge in [-0.2, -0.15) is 9.97 Å². The molecule has 0 unspecified atom stereocenters. The highest BCUT2D eigenvalue weighted by atomic mass is 15.2. The van der Waals surface area contributed by atoms with Gasteiger partial charge in [-0.05, 0) is 90.0 Å². The van der Waals surface area contributed by atoms with E-state index in [9.17, 15) is 0 Å². The summed E-state index contributed by atoms with van der Waals surface area (Å²) in [6.07, 6.45) is 0. The average Bonchev–Trinajstić information content (AvgIpc) is 4.04. The second-order valence-electron chi connectivity index (χ2n) is 17.8. The Kier molecular flexibility index (Phi) is 8.46. The molecular formula is C64H40N4. The van der Waals surface area contributed by atoms with Crippen LogP contribution in [-0.4, -0.2) is 19.5 Å². The first-order valence-corrected chi connectivity index (χ1v) is 23.3. The molecule has 4 nitrogen and oxygen atoms in total. The van der Waals surface area contributed by atoms with Crippen LogP contribution in [0.25, 0.3) is 106 Å². The SMILES string of the molecule is c1ccc(-c2ccc(-c3nc(-c4ccc(-c5ccccc5)cc4)nc(-n4c5ccccc5c5c(-c6cccc7c6-c6ccccc6C76c7ccccc7-c7ccccc76)cccc54)n3)cc2)cc1. The van der Waals surface area contributed by atoms with Gasteiger partial charge in [-0.25, -0.2) is 4.98 Å². The maximum Gasteiger partial charge on any atom is 0.238 e. The van der Waals surface area contributed by atoms with Crippen LogP contribution < -0.4 is 0 Å². The quantitative estimate of drug-likeness (QED) is 0.167.